The van der Waals surface area contributed by atoms with Gasteiger partial charge in [-0.2, -0.15) is 0 Å². The molecule has 0 radical (unpaired) electrons. The van der Waals surface area contributed by atoms with Crippen LogP contribution in [0.25, 0.3) is 22.4 Å². The lowest BCUT2D eigenvalue weighted by Gasteiger charge is -2.16. The van der Waals surface area contributed by atoms with Gasteiger partial charge in [-0.3, -0.25) is 4.98 Å². The molecule has 0 saturated carbocycles. The van der Waals surface area contributed by atoms with Gasteiger partial charge < -0.3 is 0 Å². The summed E-state index contributed by atoms with van der Waals surface area (Å²) in [4.78, 5) is 4.68. The highest BCUT2D eigenvalue weighted by Gasteiger charge is 2.19. The molecule has 6 heteroatoms. The zero-order valence-corrected chi connectivity index (χ0v) is 16.3. The fraction of sp³-hybridized carbons (Fsp3) is 0.0952. The highest BCUT2D eigenvalue weighted by molar-refractivity contribution is 7.89. The zero-order chi connectivity index (χ0) is 19.6. The number of halogens is 1. The minimum absolute atomic E-state index is 0.0606. The van der Waals surface area contributed by atoms with Crippen molar-refractivity contribution in [3.05, 3.63) is 84.0 Å². The van der Waals surface area contributed by atoms with Gasteiger partial charge in [0.1, 0.15) is 0 Å². The number of benzene rings is 2. The first-order valence-electron chi connectivity index (χ1n) is 8.32. The van der Waals surface area contributed by atoms with E-state index in [1.807, 2.05) is 31.2 Å². The summed E-state index contributed by atoms with van der Waals surface area (Å²) in [6.07, 6.45) is 3.59. The molecule has 3 rings (SSSR count). The van der Waals surface area contributed by atoms with Gasteiger partial charge in [0, 0.05) is 33.8 Å². The number of allylic oxidation sites excluding steroid dienone is 1. The van der Waals surface area contributed by atoms with Crippen molar-refractivity contribution in [2.24, 2.45) is 5.14 Å². The molecule has 1 unspecified atom stereocenters. The normalized spacial score (nSPS) is 12.6. The van der Waals surface area contributed by atoms with Gasteiger partial charge in [0.15, 0.2) is 0 Å². The molecule has 0 spiro atoms. The Morgan fingerprint density at radius 1 is 1.11 bits per heavy atom. The monoisotopic (exact) mass is 398 g/mol. The molecule has 0 bridgehead atoms. The van der Waals surface area contributed by atoms with Crippen molar-refractivity contribution in [3.63, 3.8) is 0 Å². The Labute approximate surface area is 164 Å². The zero-order valence-electron chi connectivity index (χ0n) is 14.8. The molecule has 0 saturated heterocycles. The van der Waals surface area contributed by atoms with E-state index in [1.165, 1.54) is 6.07 Å². The molecule has 0 fully saturated rings. The lowest BCUT2D eigenvalue weighted by atomic mass is 9.94. The van der Waals surface area contributed by atoms with Crippen molar-refractivity contribution in [2.75, 3.05) is 0 Å². The van der Waals surface area contributed by atoms with Gasteiger partial charge in [-0.15, -0.1) is 6.58 Å². The maximum atomic E-state index is 12.1. The first kappa shape index (κ1) is 19.3. The molecule has 2 aromatic carbocycles. The van der Waals surface area contributed by atoms with E-state index in [4.69, 9.17) is 16.7 Å². The molecular weight excluding hydrogens is 380 g/mol. The van der Waals surface area contributed by atoms with Crippen LogP contribution in [0.2, 0.25) is 5.02 Å². The summed E-state index contributed by atoms with van der Waals surface area (Å²) in [7, 11) is -3.89. The molecule has 0 amide bonds. The summed E-state index contributed by atoms with van der Waals surface area (Å²) in [6.45, 7) is 5.83. The van der Waals surface area contributed by atoms with E-state index in [0.29, 0.717) is 21.8 Å². The number of hydrogen-bond donors (Lipinski definition) is 1. The number of pyridine rings is 1. The van der Waals surface area contributed by atoms with E-state index in [0.717, 1.165) is 11.1 Å². The molecule has 1 atom stereocenters. The highest BCUT2D eigenvalue weighted by atomic mass is 35.5. The number of hydrogen-bond acceptors (Lipinski definition) is 3. The molecule has 0 aliphatic rings. The van der Waals surface area contributed by atoms with Crippen LogP contribution in [0.3, 0.4) is 0 Å². The third-order valence-corrected chi connectivity index (χ3v) is 5.61. The van der Waals surface area contributed by atoms with Crippen LogP contribution in [0, 0.1) is 0 Å². The smallest absolute Gasteiger partial charge is 0.238 e. The van der Waals surface area contributed by atoms with Crippen molar-refractivity contribution in [2.45, 2.75) is 17.7 Å². The Morgan fingerprint density at radius 2 is 1.78 bits per heavy atom. The molecule has 2 N–H and O–H groups in total. The van der Waals surface area contributed by atoms with Gasteiger partial charge in [-0.05, 0) is 29.8 Å². The molecule has 1 heterocycles. The Balaban J connectivity index is 2.32. The summed E-state index contributed by atoms with van der Waals surface area (Å²) in [5.41, 5.74) is 3.62. The van der Waals surface area contributed by atoms with E-state index in [2.05, 4.69) is 11.6 Å². The van der Waals surface area contributed by atoms with Crippen molar-refractivity contribution in [1.82, 2.24) is 4.98 Å². The third kappa shape index (κ3) is 4.11. The number of rotatable bonds is 5. The maximum Gasteiger partial charge on any atom is 0.238 e. The first-order valence-corrected chi connectivity index (χ1v) is 10.2. The molecular formula is C21H19ClN2O2S. The summed E-state index contributed by atoms with van der Waals surface area (Å²) in [5.74, 6) is 0.0668. The Bertz CT molecular complexity index is 1090. The van der Waals surface area contributed by atoms with Gasteiger partial charge in [0.2, 0.25) is 10.0 Å². The average molecular weight is 399 g/mol. The standard InChI is InChI=1S/C21H19ClN2O2S/c1-3-14(2)16-12-19(18-6-4-5-7-20(18)27(23,25)26)21(24-13-16)15-8-10-17(22)11-9-15/h3-14H,1H2,2H3,(H2,23,25,26). The molecule has 3 aromatic rings. The van der Waals surface area contributed by atoms with E-state index >= 15 is 0 Å². The number of nitrogens with zero attached hydrogens (tertiary/aromatic N) is 1. The van der Waals surface area contributed by atoms with Crippen LogP contribution in [0.4, 0.5) is 0 Å². The Morgan fingerprint density at radius 3 is 2.41 bits per heavy atom. The van der Waals surface area contributed by atoms with Crippen molar-refractivity contribution in [1.29, 1.82) is 0 Å². The van der Waals surface area contributed by atoms with Gasteiger partial charge in [-0.1, -0.05) is 54.9 Å². The Hall–Kier alpha value is -2.47. The number of sulfonamides is 1. The largest absolute Gasteiger partial charge is 0.255 e. The van der Waals surface area contributed by atoms with Crippen LogP contribution >= 0.6 is 11.6 Å². The molecule has 1 aromatic heterocycles. The van der Waals surface area contributed by atoms with Crippen LogP contribution in [-0.4, -0.2) is 13.4 Å². The van der Waals surface area contributed by atoms with Crippen molar-refractivity contribution < 1.29 is 8.42 Å². The molecule has 27 heavy (non-hydrogen) atoms. The van der Waals surface area contributed by atoms with E-state index in [9.17, 15) is 8.42 Å². The first-order chi connectivity index (χ1) is 12.8. The lowest BCUT2D eigenvalue weighted by Crippen LogP contribution is -2.13. The number of aromatic nitrogens is 1. The van der Waals surface area contributed by atoms with E-state index in [1.54, 1.807) is 36.5 Å². The molecule has 4 nitrogen and oxygen atoms in total. The van der Waals surface area contributed by atoms with Crippen LogP contribution in [0.5, 0.6) is 0 Å². The summed E-state index contributed by atoms with van der Waals surface area (Å²) >= 11 is 6.00. The minimum Gasteiger partial charge on any atom is -0.255 e. The van der Waals surface area contributed by atoms with Crippen LogP contribution in [0.15, 0.2) is 78.3 Å². The highest BCUT2D eigenvalue weighted by Crippen LogP contribution is 2.36. The summed E-state index contributed by atoms with van der Waals surface area (Å²) in [6, 6.07) is 15.8. The molecule has 0 aliphatic heterocycles. The fourth-order valence-electron chi connectivity index (χ4n) is 2.85. The lowest BCUT2D eigenvalue weighted by molar-refractivity contribution is 0.598. The Kier molecular flexibility index (Phi) is 5.46. The van der Waals surface area contributed by atoms with Crippen molar-refractivity contribution >= 4 is 21.6 Å². The van der Waals surface area contributed by atoms with Crippen LogP contribution in [-0.2, 0) is 10.0 Å². The van der Waals surface area contributed by atoms with E-state index < -0.39 is 10.0 Å². The number of primary sulfonamides is 1. The second kappa shape index (κ2) is 7.64. The van der Waals surface area contributed by atoms with Gasteiger partial charge >= 0.3 is 0 Å². The number of nitrogens with two attached hydrogens (primary N) is 1. The second-order valence-electron chi connectivity index (χ2n) is 6.24. The van der Waals surface area contributed by atoms with Gasteiger partial charge in [0.25, 0.3) is 0 Å². The van der Waals surface area contributed by atoms with E-state index in [-0.39, 0.29) is 10.8 Å². The maximum absolute atomic E-state index is 12.1. The SMILES string of the molecule is C=CC(C)c1cnc(-c2ccc(Cl)cc2)c(-c2ccccc2S(N)(=O)=O)c1. The van der Waals surface area contributed by atoms with Gasteiger partial charge in [0.05, 0.1) is 10.6 Å². The van der Waals surface area contributed by atoms with Gasteiger partial charge in [-0.25, -0.2) is 13.6 Å². The summed E-state index contributed by atoms with van der Waals surface area (Å²) in [5, 5.41) is 6.06. The van der Waals surface area contributed by atoms with Crippen LogP contribution in [0.1, 0.15) is 18.4 Å². The predicted molar refractivity (Wildman–Crippen MR) is 110 cm³/mol. The second-order valence-corrected chi connectivity index (χ2v) is 8.20. The fourth-order valence-corrected chi connectivity index (χ4v) is 3.73. The minimum atomic E-state index is -3.89. The molecule has 138 valence electrons. The van der Waals surface area contributed by atoms with Crippen LogP contribution < -0.4 is 5.14 Å². The topological polar surface area (TPSA) is 73.0 Å². The third-order valence-electron chi connectivity index (χ3n) is 4.39. The predicted octanol–water partition coefficient (Wildman–Crippen LogP) is 5.01. The average Bonchev–Trinajstić information content (AvgIpc) is 2.67. The van der Waals surface area contributed by atoms with Crippen molar-refractivity contribution in [3.8, 4) is 22.4 Å². The molecule has 0 aliphatic carbocycles. The quantitative estimate of drug-likeness (QED) is 0.614. The summed E-state index contributed by atoms with van der Waals surface area (Å²) < 4.78 is 24.2.